The molecule has 106 valence electrons. The van der Waals surface area contributed by atoms with E-state index in [1.807, 2.05) is 12.3 Å². The fourth-order valence-corrected chi connectivity index (χ4v) is 2.70. The molecule has 0 saturated carbocycles. The number of piperidine rings is 1. The highest BCUT2D eigenvalue weighted by atomic mass is 35.5. The van der Waals surface area contributed by atoms with Gasteiger partial charge in [-0.3, -0.25) is 9.69 Å². The molecule has 0 amide bonds. The van der Waals surface area contributed by atoms with Gasteiger partial charge in [0.1, 0.15) is 5.15 Å². The minimum absolute atomic E-state index is 0.201. The topological polar surface area (TPSA) is 70.7 Å². The van der Waals surface area contributed by atoms with Crippen LogP contribution in [0.2, 0.25) is 5.15 Å². The standard InChI is InChI=1S/C13H15ClN4O2/c14-11-1-2-12-15-10(8-18(12)16-11)7-17-5-3-9(4-6-17)13(19)20/h1-2,8-9H,3-7H2,(H,19,20). The number of carbonyl (C=O) groups is 1. The van der Waals surface area contributed by atoms with E-state index < -0.39 is 5.97 Å². The maximum atomic E-state index is 10.9. The van der Waals surface area contributed by atoms with Crippen LogP contribution in [0.3, 0.4) is 0 Å². The second-order valence-electron chi connectivity index (χ2n) is 5.08. The van der Waals surface area contributed by atoms with Crippen LogP contribution in [0, 0.1) is 5.92 Å². The molecule has 0 aliphatic carbocycles. The number of imidazole rings is 1. The summed E-state index contributed by atoms with van der Waals surface area (Å²) in [6, 6.07) is 3.54. The number of nitrogens with zero attached hydrogens (tertiary/aromatic N) is 4. The third-order valence-corrected chi connectivity index (χ3v) is 3.86. The van der Waals surface area contributed by atoms with Crippen LogP contribution >= 0.6 is 11.6 Å². The summed E-state index contributed by atoms with van der Waals surface area (Å²) in [4.78, 5) is 17.6. The van der Waals surface area contributed by atoms with Crippen molar-refractivity contribution >= 4 is 23.2 Å². The Morgan fingerprint density at radius 3 is 2.85 bits per heavy atom. The summed E-state index contributed by atoms with van der Waals surface area (Å²) in [6.45, 7) is 2.30. The number of rotatable bonds is 3. The van der Waals surface area contributed by atoms with E-state index in [1.54, 1.807) is 10.6 Å². The van der Waals surface area contributed by atoms with Crippen molar-refractivity contribution < 1.29 is 9.90 Å². The number of halogens is 1. The molecule has 0 spiro atoms. The molecule has 2 aromatic heterocycles. The highest BCUT2D eigenvalue weighted by Crippen LogP contribution is 2.19. The zero-order chi connectivity index (χ0) is 14.1. The fourth-order valence-electron chi connectivity index (χ4n) is 2.55. The molecule has 3 heterocycles. The molecule has 2 aromatic rings. The Morgan fingerprint density at radius 2 is 2.15 bits per heavy atom. The summed E-state index contributed by atoms with van der Waals surface area (Å²) < 4.78 is 1.67. The quantitative estimate of drug-likeness (QED) is 0.932. The van der Waals surface area contributed by atoms with Gasteiger partial charge >= 0.3 is 5.97 Å². The molecule has 1 aliphatic heterocycles. The van der Waals surface area contributed by atoms with Crippen molar-refractivity contribution in [1.82, 2.24) is 19.5 Å². The Hall–Kier alpha value is -1.66. The molecule has 1 saturated heterocycles. The molecule has 1 N–H and O–H groups in total. The van der Waals surface area contributed by atoms with Crippen molar-refractivity contribution in [1.29, 1.82) is 0 Å². The third kappa shape index (κ3) is 2.76. The van der Waals surface area contributed by atoms with Gasteiger partial charge in [-0.25, -0.2) is 9.50 Å². The molecule has 1 fully saturated rings. The summed E-state index contributed by atoms with van der Waals surface area (Å²) in [5.41, 5.74) is 1.69. The van der Waals surface area contributed by atoms with Crippen LogP contribution in [0.15, 0.2) is 18.3 Å². The van der Waals surface area contributed by atoms with Crippen molar-refractivity contribution in [2.75, 3.05) is 13.1 Å². The van der Waals surface area contributed by atoms with Gasteiger partial charge in [0, 0.05) is 6.54 Å². The lowest BCUT2D eigenvalue weighted by Crippen LogP contribution is -2.35. The highest BCUT2D eigenvalue weighted by molar-refractivity contribution is 6.29. The predicted molar refractivity (Wildman–Crippen MR) is 73.6 cm³/mol. The Balaban J connectivity index is 1.66. The first-order chi connectivity index (χ1) is 9.61. The average Bonchev–Trinajstić information content (AvgIpc) is 2.80. The van der Waals surface area contributed by atoms with Crippen molar-refractivity contribution in [3.63, 3.8) is 0 Å². The SMILES string of the molecule is O=C(O)C1CCN(Cc2cn3nc(Cl)ccc3n2)CC1. The average molecular weight is 295 g/mol. The van der Waals surface area contributed by atoms with Crippen LogP contribution < -0.4 is 0 Å². The summed E-state index contributed by atoms with van der Waals surface area (Å²) in [7, 11) is 0. The molecular weight excluding hydrogens is 280 g/mol. The van der Waals surface area contributed by atoms with E-state index in [4.69, 9.17) is 16.7 Å². The van der Waals surface area contributed by atoms with Crippen LogP contribution in [0.4, 0.5) is 0 Å². The van der Waals surface area contributed by atoms with E-state index in [0.29, 0.717) is 24.5 Å². The monoisotopic (exact) mass is 294 g/mol. The van der Waals surface area contributed by atoms with Crippen LogP contribution in [-0.2, 0) is 11.3 Å². The summed E-state index contributed by atoms with van der Waals surface area (Å²) in [6.07, 6.45) is 3.27. The molecule has 3 rings (SSSR count). The maximum Gasteiger partial charge on any atom is 0.306 e. The van der Waals surface area contributed by atoms with Crippen LogP contribution in [0.5, 0.6) is 0 Å². The molecule has 1 aliphatic rings. The van der Waals surface area contributed by atoms with Crippen LogP contribution in [0.25, 0.3) is 5.65 Å². The minimum Gasteiger partial charge on any atom is -0.481 e. The number of fused-ring (bicyclic) bond motifs is 1. The van der Waals surface area contributed by atoms with E-state index in [0.717, 1.165) is 24.4 Å². The maximum absolute atomic E-state index is 10.9. The zero-order valence-electron chi connectivity index (χ0n) is 10.9. The number of hydrogen-bond donors (Lipinski definition) is 1. The Kier molecular flexibility index (Phi) is 3.58. The second-order valence-corrected chi connectivity index (χ2v) is 5.47. The van der Waals surface area contributed by atoms with Crippen molar-refractivity contribution in [3.05, 3.63) is 29.2 Å². The van der Waals surface area contributed by atoms with Crippen molar-refractivity contribution in [2.45, 2.75) is 19.4 Å². The lowest BCUT2D eigenvalue weighted by molar-refractivity contribution is -0.143. The largest absolute Gasteiger partial charge is 0.481 e. The van der Waals surface area contributed by atoms with Crippen LogP contribution in [-0.4, -0.2) is 43.7 Å². The van der Waals surface area contributed by atoms with Gasteiger partial charge < -0.3 is 5.11 Å². The highest BCUT2D eigenvalue weighted by Gasteiger charge is 2.24. The molecular formula is C13H15ClN4O2. The van der Waals surface area contributed by atoms with Gasteiger partial charge in [-0.2, -0.15) is 5.10 Å². The number of carboxylic acids is 1. The second kappa shape index (κ2) is 5.38. The van der Waals surface area contributed by atoms with Gasteiger partial charge in [0.2, 0.25) is 0 Å². The number of carboxylic acid groups (broad SMARTS) is 1. The molecule has 20 heavy (non-hydrogen) atoms. The molecule has 0 atom stereocenters. The van der Waals surface area contributed by atoms with Crippen molar-refractivity contribution in [2.24, 2.45) is 5.92 Å². The van der Waals surface area contributed by atoms with E-state index in [-0.39, 0.29) is 5.92 Å². The number of aromatic nitrogens is 3. The minimum atomic E-state index is -0.684. The summed E-state index contributed by atoms with van der Waals surface area (Å²) in [5, 5.41) is 13.6. The van der Waals surface area contributed by atoms with E-state index >= 15 is 0 Å². The van der Waals surface area contributed by atoms with Gasteiger partial charge in [-0.15, -0.1) is 0 Å². The van der Waals surface area contributed by atoms with E-state index in [1.165, 1.54) is 0 Å². The smallest absolute Gasteiger partial charge is 0.306 e. The predicted octanol–water partition coefficient (Wildman–Crippen LogP) is 1.68. The molecule has 6 nitrogen and oxygen atoms in total. The summed E-state index contributed by atoms with van der Waals surface area (Å²) >= 11 is 5.84. The normalized spacial score (nSPS) is 17.6. The zero-order valence-corrected chi connectivity index (χ0v) is 11.6. The van der Waals surface area contributed by atoms with Crippen LogP contribution in [0.1, 0.15) is 18.5 Å². The van der Waals surface area contributed by atoms with Gasteiger partial charge in [0.25, 0.3) is 0 Å². The van der Waals surface area contributed by atoms with Crippen molar-refractivity contribution in [3.8, 4) is 0 Å². The van der Waals surface area contributed by atoms with E-state index in [2.05, 4.69) is 15.0 Å². The number of aliphatic carboxylic acids is 1. The van der Waals surface area contributed by atoms with E-state index in [9.17, 15) is 4.79 Å². The van der Waals surface area contributed by atoms with Gasteiger partial charge in [0.15, 0.2) is 5.65 Å². The first-order valence-corrected chi connectivity index (χ1v) is 6.95. The van der Waals surface area contributed by atoms with Gasteiger partial charge in [-0.1, -0.05) is 11.6 Å². The molecule has 0 bridgehead atoms. The number of likely N-dealkylation sites (tertiary alicyclic amines) is 1. The third-order valence-electron chi connectivity index (χ3n) is 3.66. The lowest BCUT2D eigenvalue weighted by Gasteiger charge is -2.29. The fraction of sp³-hybridized carbons (Fsp3) is 0.462. The first kappa shape index (κ1) is 13.3. The lowest BCUT2D eigenvalue weighted by atomic mass is 9.97. The Labute approximate surface area is 121 Å². The molecule has 0 radical (unpaired) electrons. The molecule has 0 aromatic carbocycles. The van der Waals surface area contributed by atoms with Gasteiger partial charge in [-0.05, 0) is 38.1 Å². The Bertz CT molecular complexity index is 634. The molecule has 0 unspecified atom stereocenters. The van der Waals surface area contributed by atoms with Gasteiger partial charge in [0.05, 0.1) is 17.8 Å². The Morgan fingerprint density at radius 1 is 1.40 bits per heavy atom. The summed E-state index contributed by atoms with van der Waals surface area (Å²) in [5.74, 6) is -0.885. The number of hydrogen-bond acceptors (Lipinski definition) is 4. The molecule has 7 heteroatoms. The first-order valence-electron chi connectivity index (χ1n) is 6.58.